The van der Waals surface area contributed by atoms with Crippen molar-refractivity contribution in [3.63, 3.8) is 0 Å². The number of aliphatic hydroxyl groups is 1. The van der Waals surface area contributed by atoms with Crippen molar-refractivity contribution in [2.75, 3.05) is 31.1 Å². The summed E-state index contributed by atoms with van der Waals surface area (Å²) in [5.74, 6) is 0.523. The molecule has 0 amide bonds. The van der Waals surface area contributed by atoms with Gasteiger partial charge in [0.2, 0.25) is 10.0 Å². The molecule has 2 atom stereocenters. The number of nitro benzene ring substituents is 1. The second kappa shape index (κ2) is 7.73. The molecule has 2 aliphatic heterocycles. The van der Waals surface area contributed by atoms with Gasteiger partial charge >= 0.3 is 0 Å². The molecule has 2 fully saturated rings. The van der Waals surface area contributed by atoms with Crippen LogP contribution >= 0.6 is 0 Å². The van der Waals surface area contributed by atoms with Crippen LogP contribution in [0.25, 0.3) is 0 Å². The van der Waals surface area contributed by atoms with Crippen LogP contribution in [0, 0.1) is 22.0 Å². The number of nitrogens with zero attached hydrogens (tertiary/aromatic N) is 3. The minimum Gasteiger partial charge on any atom is -0.393 e. The Morgan fingerprint density at radius 3 is 2.30 bits per heavy atom. The summed E-state index contributed by atoms with van der Waals surface area (Å²) in [4.78, 5) is 12.9. The third kappa shape index (κ3) is 4.25. The fourth-order valence-electron chi connectivity index (χ4n) is 4.14. The van der Waals surface area contributed by atoms with Gasteiger partial charge in [-0.1, -0.05) is 13.8 Å². The van der Waals surface area contributed by atoms with E-state index in [-0.39, 0.29) is 28.5 Å². The Morgan fingerprint density at radius 1 is 1.15 bits per heavy atom. The van der Waals surface area contributed by atoms with Gasteiger partial charge in [0.25, 0.3) is 5.69 Å². The molecule has 9 heteroatoms. The van der Waals surface area contributed by atoms with Gasteiger partial charge < -0.3 is 10.0 Å². The molecule has 0 bridgehead atoms. The van der Waals surface area contributed by atoms with E-state index in [1.54, 1.807) is 0 Å². The van der Waals surface area contributed by atoms with Crippen molar-refractivity contribution in [3.8, 4) is 0 Å². The summed E-state index contributed by atoms with van der Waals surface area (Å²) < 4.78 is 27.5. The number of benzene rings is 1. The maximum Gasteiger partial charge on any atom is 0.293 e. The first-order valence-electron chi connectivity index (χ1n) is 9.40. The Hall–Kier alpha value is -1.71. The number of nitro groups is 1. The van der Waals surface area contributed by atoms with Crippen LogP contribution in [0.15, 0.2) is 23.1 Å². The summed E-state index contributed by atoms with van der Waals surface area (Å²) in [6.45, 7) is 5.94. The van der Waals surface area contributed by atoms with E-state index < -0.39 is 14.9 Å². The third-order valence-corrected chi connectivity index (χ3v) is 7.25. The minimum atomic E-state index is -3.77. The highest BCUT2D eigenvalue weighted by atomic mass is 32.2. The fourth-order valence-corrected chi connectivity index (χ4v) is 5.84. The van der Waals surface area contributed by atoms with Crippen LogP contribution in [0.3, 0.4) is 0 Å². The van der Waals surface area contributed by atoms with Crippen LogP contribution in [-0.2, 0) is 10.0 Å². The van der Waals surface area contributed by atoms with E-state index in [1.165, 1.54) is 22.5 Å². The number of hydrogen-bond donors (Lipinski definition) is 1. The lowest BCUT2D eigenvalue weighted by molar-refractivity contribution is -0.384. The molecule has 0 radical (unpaired) electrons. The molecule has 1 aromatic carbocycles. The van der Waals surface area contributed by atoms with Crippen molar-refractivity contribution < 1.29 is 18.4 Å². The van der Waals surface area contributed by atoms with Crippen LogP contribution in [0.5, 0.6) is 0 Å². The lowest BCUT2D eigenvalue weighted by Gasteiger charge is -2.34. The standard InChI is InChI=1S/C18H27N3O5S/c1-13-9-14(2)12-20(11-13)27(25,26)16-3-4-17(18(10-16)21(23)24)19-7-5-15(22)6-8-19/h3-4,10,13-15,22H,5-9,11-12H2,1-2H3/t13-,14-/m1/s1. The zero-order valence-electron chi connectivity index (χ0n) is 15.7. The topological polar surface area (TPSA) is 104 Å². The van der Waals surface area contributed by atoms with Crippen LogP contribution in [0.2, 0.25) is 0 Å². The van der Waals surface area contributed by atoms with Crippen LogP contribution in [0.1, 0.15) is 33.1 Å². The van der Waals surface area contributed by atoms with Crippen molar-refractivity contribution in [3.05, 3.63) is 28.3 Å². The minimum absolute atomic E-state index is 0.0312. The maximum atomic E-state index is 13.0. The molecule has 1 N–H and O–H groups in total. The van der Waals surface area contributed by atoms with E-state index in [0.29, 0.717) is 44.7 Å². The predicted octanol–water partition coefficient (Wildman–Crippen LogP) is 2.22. The van der Waals surface area contributed by atoms with E-state index >= 15 is 0 Å². The number of sulfonamides is 1. The smallest absolute Gasteiger partial charge is 0.293 e. The molecule has 150 valence electrons. The van der Waals surface area contributed by atoms with E-state index in [1.807, 2.05) is 18.7 Å². The van der Waals surface area contributed by atoms with Gasteiger partial charge in [-0.15, -0.1) is 0 Å². The van der Waals surface area contributed by atoms with Crippen molar-refractivity contribution in [2.24, 2.45) is 11.8 Å². The summed E-state index contributed by atoms with van der Waals surface area (Å²) in [7, 11) is -3.77. The zero-order valence-corrected chi connectivity index (χ0v) is 16.6. The normalized spacial score (nSPS) is 25.5. The number of aliphatic hydroxyl groups excluding tert-OH is 1. The van der Waals surface area contributed by atoms with Gasteiger partial charge in [0.05, 0.1) is 15.9 Å². The number of hydrogen-bond acceptors (Lipinski definition) is 6. The number of rotatable bonds is 4. The monoisotopic (exact) mass is 397 g/mol. The average molecular weight is 397 g/mol. The second-order valence-corrected chi connectivity index (χ2v) is 9.83. The van der Waals surface area contributed by atoms with Crippen LogP contribution in [-0.4, -0.2) is 55.0 Å². The Labute approximate surface area is 160 Å². The molecule has 0 unspecified atom stereocenters. The molecule has 27 heavy (non-hydrogen) atoms. The highest BCUT2D eigenvalue weighted by Crippen LogP contribution is 2.34. The fraction of sp³-hybridized carbons (Fsp3) is 0.667. The maximum absolute atomic E-state index is 13.0. The Bertz CT molecular complexity index is 795. The lowest BCUT2D eigenvalue weighted by Crippen LogP contribution is -2.42. The quantitative estimate of drug-likeness (QED) is 0.617. The molecule has 2 aliphatic rings. The van der Waals surface area contributed by atoms with E-state index in [2.05, 4.69) is 0 Å². The molecular formula is C18H27N3O5S. The van der Waals surface area contributed by atoms with Gasteiger partial charge in [-0.3, -0.25) is 10.1 Å². The molecule has 1 aromatic rings. The molecule has 3 rings (SSSR count). The van der Waals surface area contributed by atoms with Crippen molar-refractivity contribution in [1.82, 2.24) is 4.31 Å². The molecule has 2 heterocycles. The predicted molar refractivity (Wildman–Crippen MR) is 102 cm³/mol. The average Bonchev–Trinajstić information content (AvgIpc) is 2.61. The summed E-state index contributed by atoms with van der Waals surface area (Å²) in [6, 6.07) is 4.17. The van der Waals surface area contributed by atoms with Crippen LogP contribution in [0.4, 0.5) is 11.4 Å². The molecule has 0 saturated carbocycles. The van der Waals surface area contributed by atoms with Crippen molar-refractivity contribution in [1.29, 1.82) is 0 Å². The largest absolute Gasteiger partial charge is 0.393 e. The summed E-state index contributed by atoms with van der Waals surface area (Å²) in [6.07, 6.45) is 1.68. The second-order valence-electron chi connectivity index (χ2n) is 7.89. The summed E-state index contributed by atoms with van der Waals surface area (Å²) >= 11 is 0. The van der Waals surface area contributed by atoms with Gasteiger partial charge in [0, 0.05) is 32.2 Å². The highest BCUT2D eigenvalue weighted by Gasteiger charge is 2.33. The first-order chi connectivity index (χ1) is 12.7. The summed E-state index contributed by atoms with van der Waals surface area (Å²) in [5.41, 5.74) is 0.205. The summed E-state index contributed by atoms with van der Waals surface area (Å²) in [5, 5.41) is 21.3. The van der Waals surface area contributed by atoms with Crippen LogP contribution < -0.4 is 4.90 Å². The molecule has 2 saturated heterocycles. The molecule has 8 nitrogen and oxygen atoms in total. The number of anilines is 1. The highest BCUT2D eigenvalue weighted by molar-refractivity contribution is 7.89. The first kappa shape index (κ1) is 20.0. The van der Waals surface area contributed by atoms with E-state index in [0.717, 1.165) is 6.42 Å². The molecular weight excluding hydrogens is 370 g/mol. The van der Waals surface area contributed by atoms with Gasteiger partial charge in [0.1, 0.15) is 5.69 Å². The zero-order chi connectivity index (χ0) is 19.8. The number of piperidine rings is 2. The van der Waals surface area contributed by atoms with Gasteiger partial charge in [0.15, 0.2) is 0 Å². The van der Waals surface area contributed by atoms with Crippen molar-refractivity contribution >= 4 is 21.4 Å². The SMILES string of the molecule is C[C@@H]1C[C@@H](C)CN(S(=O)(=O)c2ccc(N3CCC(O)CC3)c([N+](=O)[O-])c2)C1. The van der Waals surface area contributed by atoms with E-state index in [9.17, 15) is 23.6 Å². The van der Waals surface area contributed by atoms with Gasteiger partial charge in [-0.2, -0.15) is 4.31 Å². The Balaban J connectivity index is 1.92. The molecule has 0 spiro atoms. The third-order valence-electron chi connectivity index (χ3n) is 5.42. The Morgan fingerprint density at radius 2 is 1.74 bits per heavy atom. The van der Waals surface area contributed by atoms with Crippen molar-refractivity contribution in [2.45, 2.75) is 44.1 Å². The Kier molecular flexibility index (Phi) is 5.73. The van der Waals surface area contributed by atoms with E-state index in [4.69, 9.17) is 0 Å². The lowest BCUT2D eigenvalue weighted by atomic mass is 9.94. The molecule has 0 aliphatic carbocycles. The van der Waals surface area contributed by atoms with Gasteiger partial charge in [-0.25, -0.2) is 8.42 Å². The first-order valence-corrected chi connectivity index (χ1v) is 10.8. The molecule has 0 aromatic heterocycles. The van der Waals surface area contributed by atoms with Gasteiger partial charge in [-0.05, 0) is 43.2 Å².